The normalized spacial score (nSPS) is 15.4. The third-order valence-corrected chi connectivity index (χ3v) is 4.59. The first-order chi connectivity index (χ1) is 11.6. The van der Waals surface area contributed by atoms with Crippen LogP contribution >= 0.6 is 11.6 Å². The summed E-state index contributed by atoms with van der Waals surface area (Å²) in [5.41, 5.74) is 0.526. The molecular weight excluding hydrogens is 328 g/mol. The number of H-pyrrole nitrogens is 1. The quantitative estimate of drug-likeness (QED) is 0.795. The van der Waals surface area contributed by atoms with Crippen molar-refractivity contribution >= 4 is 34.2 Å². The van der Waals surface area contributed by atoms with Gasteiger partial charge < -0.3 is 20.5 Å². The number of hydrogen-bond acceptors (Lipinski definition) is 3. The smallest absolute Gasteiger partial charge is 0.319 e. The molecule has 0 spiro atoms. The van der Waals surface area contributed by atoms with E-state index in [1.807, 2.05) is 0 Å². The third-order valence-electron chi connectivity index (χ3n) is 4.27. The van der Waals surface area contributed by atoms with Gasteiger partial charge in [-0.1, -0.05) is 24.1 Å². The van der Waals surface area contributed by atoms with E-state index in [1.54, 1.807) is 18.2 Å². The Bertz CT molecular complexity index is 784. The molecule has 1 aromatic heterocycles. The second-order valence-electron chi connectivity index (χ2n) is 5.98. The summed E-state index contributed by atoms with van der Waals surface area (Å²) in [5, 5.41) is 6.33. The van der Waals surface area contributed by atoms with Crippen LogP contribution in [0, 0.1) is 0 Å². The Labute approximate surface area is 145 Å². The number of nitrogens with zero attached hydrogens (tertiary/aromatic N) is 1. The highest BCUT2D eigenvalue weighted by atomic mass is 35.5. The van der Waals surface area contributed by atoms with Gasteiger partial charge in [-0.2, -0.15) is 0 Å². The van der Waals surface area contributed by atoms with Crippen LogP contribution in [0.4, 0.5) is 10.5 Å². The monoisotopic (exact) mass is 348 g/mol. The summed E-state index contributed by atoms with van der Waals surface area (Å²) in [4.78, 5) is 29.7. The standard InChI is InChI=1S/C17H21ClN4O2/c18-13-6-4-5-12-15(13)20-11-14(16(12)23)21-17(24)19-7-10-22-8-2-1-3-9-22/h4-6,11H,1-3,7-10H2,(H,20,23)(H2,19,21,24). The number of anilines is 1. The van der Waals surface area contributed by atoms with Gasteiger partial charge in [0.15, 0.2) is 0 Å². The molecule has 3 rings (SSSR count). The first kappa shape index (κ1) is 16.8. The average Bonchev–Trinajstić information content (AvgIpc) is 2.59. The number of para-hydroxylation sites is 1. The second-order valence-corrected chi connectivity index (χ2v) is 6.38. The second kappa shape index (κ2) is 7.68. The molecule has 2 heterocycles. The van der Waals surface area contributed by atoms with Crippen LogP contribution < -0.4 is 16.1 Å². The van der Waals surface area contributed by atoms with Crippen molar-refractivity contribution in [1.29, 1.82) is 0 Å². The summed E-state index contributed by atoms with van der Waals surface area (Å²) in [6.45, 7) is 3.57. The lowest BCUT2D eigenvalue weighted by atomic mass is 10.1. The molecule has 2 amide bonds. The number of pyridine rings is 1. The summed E-state index contributed by atoms with van der Waals surface area (Å²) in [5.74, 6) is 0. The van der Waals surface area contributed by atoms with E-state index in [-0.39, 0.29) is 17.1 Å². The Morgan fingerprint density at radius 2 is 2.04 bits per heavy atom. The lowest BCUT2D eigenvalue weighted by molar-refractivity contribution is 0.224. The van der Waals surface area contributed by atoms with Crippen LogP contribution in [-0.4, -0.2) is 42.1 Å². The number of hydrogen-bond donors (Lipinski definition) is 3. The van der Waals surface area contributed by atoms with Crippen LogP contribution in [0.5, 0.6) is 0 Å². The van der Waals surface area contributed by atoms with Crippen molar-refractivity contribution in [3.05, 3.63) is 39.6 Å². The Kier molecular flexibility index (Phi) is 5.37. The molecule has 0 aliphatic carbocycles. The van der Waals surface area contributed by atoms with Crippen LogP contribution in [0.15, 0.2) is 29.2 Å². The number of rotatable bonds is 4. The largest absolute Gasteiger partial charge is 0.358 e. The van der Waals surface area contributed by atoms with Gasteiger partial charge in [0.05, 0.1) is 10.5 Å². The Morgan fingerprint density at radius 3 is 2.83 bits per heavy atom. The number of piperidine rings is 1. The van der Waals surface area contributed by atoms with Gasteiger partial charge in [-0.15, -0.1) is 0 Å². The van der Waals surface area contributed by atoms with Gasteiger partial charge in [0.2, 0.25) is 5.43 Å². The van der Waals surface area contributed by atoms with E-state index in [0.717, 1.165) is 19.6 Å². The summed E-state index contributed by atoms with van der Waals surface area (Å²) in [7, 11) is 0. The lowest BCUT2D eigenvalue weighted by Gasteiger charge is -2.26. The molecule has 7 heteroatoms. The summed E-state index contributed by atoms with van der Waals surface area (Å²) < 4.78 is 0. The maximum Gasteiger partial charge on any atom is 0.319 e. The van der Waals surface area contributed by atoms with Gasteiger partial charge in [-0.05, 0) is 38.1 Å². The number of urea groups is 1. The molecule has 0 unspecified atom stereocenters. The fourth-order valence-corrected chi connectivity index (χ4v) is 3.21. The summed E-state index contributed by atoms with van der Waals surface area (Å²) in [6, 6.07) is 4.72. The predicted molar refractivity (Wildman–Crippen MR) is 96.9 cm³/mol. The van der Waals surface area contributed by atoms with Crippen LogP contribution in [0.2, 0.25) is 5.02 Å². The highest BCUT2D eigenvalue weighted by Gasteiger charge is 2.12. The van der Waals surface area contributed by atoms with Gasteiger partial charge in [-0.3, -0.25) is 4.79 Å². The molecule has 24 heavy (non-hydrogen) atoms. The highest BCUT2D eigenvalue weighted by molar-refractivity contribution is 6.35. The molecule has 1 aliphatic rings. The molecule has 6 nitrogen and oxygen atoms in total. The molecule has 0 saturated carbocycles. The van der Waals surface area contributed by atoms with Crippen LogP contribution in [0.3, 0.4) is 0 Å². The molecule has 0 bridgehead atoms. The Balaban J connectivity index is 1.59. The van der Waals surface area contributed by atoms with Crippen molar-refractivity contribution in [3.8, 4) is 0 Å². The SMILES string of the molecule is O=C(NCCN1CCCCC1)Nc1c[nH]c2c(Cl)cccc2c1=O. The maximum absolute atomic E-state index is 12.4. The number of aromatic amines is 1. The zero-order chi connectivity index (χ0) is 16.9. The van der Waals surface area contributed by atoms with E-state index < -0.39 is 0 Å². The molecule has 1 aliphatic heterocycles. The number of carbonyl (C=O) groups is 1. The van der Waals surface area contributed by atoms with Crippen LogP contribution in [0.25, 0.3) is 10.9 Å². The zero-order valence-corrected chi connectivity index (χ0v) is 14.2. The van der Waals surface area contributed by atoms with E-state index >= 15 is 0 Å². The number of amides is 2. The molecule has 0 radical (unpaired) electrons. The number of likely N-dealkylation sites (tertiary alicyclic amines) is 1. The van der Waals surface area contributed by atoms with E-state index in [0.29, 0.717) is 22.5 Å². The number of benzene rings is 1. The Hall–Kier alpha value is -2.05. The van der Waals surface area contributed by atoms with E-state index in [1.165, 1.54) is 25.5 Å². The van der Waals surface area contributed by atoms with Gasteiger partial charge >= 0.3 is 6.03 Å². The molecule has 3 N–H and O–H groups in total. The Morgan fingerprint density at radius 1 is 1.25 bits per heavy atom. The molecular formula is C17H21ClN4O2. The molecule has 1 fully saturated rings. The highest BCUT2D eigenvalue weighted by Crippen LogP contribution is 2.19. The average molecular weight is 349 g/mol. The zero-order valence-electron chi connectivity index (χ0n) is 13.4. The topological polar surface area (TPSA) is 77.2 Å². The number of fused-ring (bicyclic) bond motifs is 1. The molecule has 0 atom stereocenters. The minimum atomic E-state index is -0.376. The number of halogens is 1. The molecule has 2 aromatic rings. The van der Waals surface area contributed by atoms with Gasteiger partial charge in [0.1, 0.15) is 5.69 Å². The van der Waals surface area contributed by atoms with Crippen molar-refractivity contribution in [1.82, 2.24) is 15.2 Å². The minimum absolute atomic E-state index is 0.209. The predicted octanol–water partition coefficient (Wildman–Crippen LogP) is 2.79. The third kappa shape index (κ3) is 3.88. The van der Waals surface area contributed by atoms with E-state index in [9.17, 15) is 9.59 Å². The molecule has 1 aromatic carbocycles. The van der Waals surface area contributed by atoms with Crippen molar-refractivity contribution < 1.29 is 4.79 Å². The number of aromatic nitrogens is 1. The van der Waals surface area contributed by atoms with Gasteiger partial charge in [0.25, 0.3) is 0 Å². The molecule has 1 saturated heterocycles. The first-order valence-electron chi connectivity index (χ1n) is 8.22. The molecule has 128 valence electrons. The number of nitrogens with one attached hydrogen (secondary N) is 3. The fraction of sp³-hybridized carbons (Fsp3) is 0.412. The van der Waals surface area contributed by atoms with Crippen LogP contribution in [0.1, 0.15) is 19.3 Å². The van der Waals surface area contributed by atoms with Gasteiger partial charge in [0, 0.05) is 24.7 Å². The summed E-state index contributed by atoms with van der Waals surface area (Å²) >= 11 is 6.05. The van der Waals surface area contributed by atoms with Gasteiger partial charge in [-0.25, -0.2) is 4.79 Å². The number of carbonyl (C=O) groups excluding carboxylic acids is 1. The van der Waals surface area contributed by atoms with Crippen molar-refractivity contribution in [2.75, 3.05) is 31.5 Å². The first-order valence-corrected chi connectivity index (χ1v) is 8.60. The maximum atomic E-state index is 12.4. The lowest BCUT2D eigenvalue weighted by Crippen LogP contribution is -2.39. The van der Waals surface area contributed by atoms with Crippen molar-refractivity contribution in [3.63, 3.8) is 0 Å². The minimum Gasteiger partial charge on any atom is -0.358 e. The fourth-order valence-electron chi connectivity index (χ4n) is 2.98. The van der Waals surface area contributed by atoms with E-state index in [4.69, 9.17) is 11.6 Å². The van der Waals surface area contributed by atoms with Crippen molar-refractivity contribution in [2.24, 2.45) is 0 Å². The van der Waals surface area contributed by atoms with E-state index in [2.05, 4.69) is 20.5 Å². The van der Waals surface area contributed by atoms with Crippen LogP contribution in [-0.2, 0) is 0 Å². The van der Waals surface area contributed by atoms with Crippen molar-refractivity contribution in [2.45, 2.75) is 19.3 Å². The summed E-state index contributed by atoms with van der Waals surface area (Å²) in [6.07, 6.45) is 5.21.